The fourth-order valence-corrected chi connectivity index (χ4v) is 2.71. The highest BCUT2D eigenvalue weighted by molar-refractivity contribution is 6.42. The predicted octanol–water partition coefficient (Wildman–Crippen LogP) is 4.87. The molecule has 3 aromatic rings. The molecule has 0 radical (unpaired) electrons. The van der Waals surface area contributed by atoms with Gasteiger partial charge in [0.2, 0.25) is 5.88 Å². The highest BCUT2D eigenvalue weighted by Gasteiger charge is 2.09. The molecular formula is C20H17Cl2N3O3. The molecule has 1 amide bonds. The maximum absolute atomic E-state index is 12.1. The smallest absolute Gasteiger partial charge is 0.262 e. The molecule has 1 N–H and O–H groups in total. The molecule has 0 aliphatic heterocycles. The second-order valence-corrected chi connectivity index (χ2v) is 6.44. The molecule has 8 heteroatoms. The Bertz CT molecular complexity index is 948. The van der Waals surface area contributed by atoms with Crippen molar-refractivity contribution < 1.29 is 14.3 Å². The Kier molecular flexibility index (Phi) is 6.68. The minimum absolute atomic E-state index is 0.188. The summed E-state index contributed by atoms with van der Waals surface area (Å²) in [5, 5.41) is 11.5. The first kappa shape index (κ1) is 19.9. The van der Waals surface area contributed by atoms with E-state index >= 15 is 0 Å². The van der Waals surface area contributed by atoms with Gasteiger partial charge in [-0.25, -0.2) is 0 Å². The first-order valence-electron chi connectivity index (χ1n) is 8.50. The van der Waals surface area contributed by atoms with Crippen molar-refractivity contribution in [2.45, 2.75) is 6.92 Å². The largest absolute Gasteiger partial charge is 0.482 e. The van der Waals surface area contributed by atoms with Crippen LogP contribution < -0.4 is 14.8 Å². The van der Waals surface area contributed by atoms with Crippen molar-refractivity contribution >= 4 is 34.8 Å². The molecule has 0 atom stereocenters. The van der Waals surface area contributed by atoms with Crippen LogP contribution in [0.3, 0.4) is 0 Å². The number of benzene rings is 2. The Morgan fingerprint density at radius 3 is 2.46 bits per heavy atom. The topological polar surface area (TPSA) is 73.3 Å². The van der Waals surface area contributed by atoms with E-state index in [1.165, 1.54) is 0 Å². The van der Waals surface area contributed by atoms with Gasteiger partial charge in [-0.1, -0.05) is 41.4 Å². The number of hydrogen-bond donors (Lipinski definition) is 1. The van der Waals surface area contributed by atoms with Crippen molar-refractivity contribution in [1.82, 2.24) is 10.2 Å². The van der Waals surface area contributed by atoms with Crippen LogP contribution in [0.2, 0.25) is 10.0 Å². The molecule has 0 fully saturated rings. The fraction of sp³-hybridized carbons (Fsp3) is 0.150. The van der Waals surface area contributed by atoms with Crippen molar-refractivity contribution in [1.29, 1.82) is 0 Å². The lowest BCUT2D eigenvalue weighted by molar-refractivity contribution is -0.118. The molecule has 0 aliphatic rings. The summed E-state index contributed by atoms with van der Waals surface area (Å²) in [4.78, 5) is 12.1. The average Bonchev–Trinajstić information content (AvgIpc) is 2.71. The summed E-state index contributed by atoms with van der Waals surface area (Å²) in [7, 11) is 0. The lowest BCUT2D eigenvalue weighted by Gasteiger charge is -2.10. The van der Waals surface area contributed by atoms with Crippen LogP contribution in [0.25, 0.3) is 11.3 Å². The SMILES string of the molecule is CCOc1ccc(-c2ccc(NC(=O)COc3cccc(Cl)c3Cl)cc2)nn1. The lowest BCUT2D eigenvalue weighted by atomic mass is 10.1. The zero-order chi connectivity index (χ0) is 19.9. The van der Waals surface area contributed by atoms with Crippen molar-refractivity contribution in [3.05, 3.63) is 64.6 Å². The van der Waals surface area contributed by atoms with E-state index in [1.54, 1.807) is 36.4 Å². The van der Waals surface area contributed by atoms with Crippen molar-refractivity contribution in [2.75, 3.05) is 18.5 Å². The number of hydrogen-bond acceptors (Lipinski definition) is 5. The summed E-state index contributed by atoms with van der Waals surface area (Å²) in [6, 6.07) is 15.8. The summed E-state index contributed by atoms with van der Waals surface area (Å²) in [5.41, 5.74) is 2.21. The first-order valence-corrected chi connectivity index (χ1v) is 9.26. The highest BCUT2D eigenvalue weighted by Crippen LogP contribution is 2.31. The molecule has 0 spiro atoms. The second kappa shape index (κ2) is 9.39. The normalized spacial score (nSPS) is 10.4. The standard InChI is InChI=1S/C20H17Cl2N3O3/c1-2-27-19-11-10-16(24-25-19)13-6-8-14(9-7-13)23-18(26)12-28-17-5-3-4-15(21)20(17)22/h3-11H,2,12H2,1H3,(H,23,26). The molecule has 0 saturated heterocycles. The first-order chi connectivity index (χ1) is 13.6. The van der Waals surface area contributed by atoms with Gasteiger partial charge >= 0.3 is 0 Å². The van der Waals surface area contributed by atoms with E-state index in [4.69, 9.17) is 32.7 Å². The summed E-state index contributed by atoms with van der Waals surface area (Å²) in [6.45, 7) is 2.24. The summed E-state index contributed by atoms with van der Waals surface area (Å²) >= 11 is 12.0. The maximum Gasteiger partial charge on any atom is 0.262 e. The highest BCUT2D eigenvalue weighted by atomic mass is 35.5. The van der Waals surface area contributed by atoms with Gasteiger partial charge < -0.3 is 14.8 Å². The number of nitrogens with zero attached hydrogens (tertiary/aromatic N) is 2. The van der Waals surface area contributed by atoms with E-state index in [0.29, 0.717) is 34.6 Å². The molecule has 3 rings (SSSR count). The van der Waals surface area contributed by atoms with Gasteiger partial charge in [0.15, 0.2) is 6.61 Å². The van der Waals surface area contributed by atoms with Gasteiger partial charge in [-0.15, -0.1) is 10.2 Å². The van der Waals surface area contributed by atoms with E-state index < -0.39 is 0 Å². The van der Waals surface area contributed by atoms with Crippen LogP contribution in [0.5, 0.6) is 11.6 Å². The zero-order valence-electron chi connectivity index (χ0n) is 15.0. The Hall–Kier alpha value is -2.83. The number of carbonyl (C=O) groups excluding carboxylic acids is 1. The van der Waals surface area contributed by atoms with Crippen molar-refractivity contribution in [3.8, 4) is 22.9 Å². The number of carbonyl (C=O) groups is 1. The molecule has 28 heavy (non-hydrogen) atoms. The fourth-order valence-electron chi connectivity index (χ4n) is 2.36. The number of amides is 1. The third kappa shape index (κ3) is 5.12. The summed E-state index contributed by atoms with van der Waals surface area (Å²) < 4.78 is 10.7. The van der Waals surface area contributed by atoms with E-state index in [-0.39, 0.29) is 17.5 Å². The van der Waals surface area contributed by atoms with Crippen molar-refractivity contribution in [2.24, 2.45) is 0 Å². The molecule has 1 heterocycles. The molecule has 1 aromatic heterocycles. The van der Waals surface area contributed by atoms with Crippen molar-refractivity contribution in [3.63, 3.8) is 0 Å². The number of nitrogens with one attached hydrogen (secondary N) is 1. The minimum atomic E-state index is -0.315. The van der Waals surface area contributed by atoms with Gasteiger partial charge in [0.05, 0.1) is 17.3 Å². The van der Waals surface area contributed by atoms with Gasteiger partial charge in [-0.3, -0.25) is 4.79 Å². The van der Waals surface area contributed by atoms with Crippen LogP contribution in [0.1, 0.15) is 6.92 Å². The van der Waals surface area contributed by atoms with Gasteiger partial charge in [0, 0.05) is 17.3 Å². The molecular weight excluding hydrogens is 401 g/mol. The molecule has 0 saturated carbocycles. The Morgan fingerprint density at radius 1 is 1.00 bits per heavy atom. The third-order valence-corrected chi connectivity index (χ3v) is 4.47. The van der Waals surface area contributed by atoms with Crippen LogP contribution in [-0.2, 0) is 4.79 Å². The van der Waals surface area contributed by atoms with Gasteiger partial charge in [0.1, 0.15) is 10.8 Å². The quantitative estimate of drug-likeness (QED) is 0.593. The van der Waals surface area contributed by atoms with Gasteiger partial charge in [-0.2, -0.15) is 0 Å². The van der Waals surface area contributed by atoms with Gasteiger partial charge in [-0.05, 0) is 37.3 Å². The molecule has 0 bridgehead atoms. The number of anilines is 1. The molecule has 6 nitrogen and oxygen atoms in total. The van der Waals surface area contributed by atoms with E-state index in [2.05, 4.69) is 15.5 Å². The minimum Gasteiger partial charge on any atom is -0.482 e. The molecule has 2 aromatic carbocycles. The number of ether oxygens (including phenoxy) is 2. The summed E-state index contributed by atoms with van der Waals surface area (Å²) in [6.07, 6.45) is 0. The van der Waals surface area contributed by atoms with E-state index in [0.717, 1.165) is 5.56 Å². The Labute approximate surface area is 172 Å². The monoisotopic (exact) mass is 417 g/mol. The summed E-state index contributed by atoms with van der Waals surface area (Å²) in [5.74, 6) is 0.522. The van der Waals surface area contributed by atoms with Crippen LogP contribution in [0.15, 0.2) is 54.6 Å². The van der Waals surface area contributed by atoms with Crippen LogP contribution in [0.4, 0.5) is 5.69 Å². The number of aromatic nitrogens is 2. The third-order valence-electron chi connectivity index (χ3n) is 3.67. The predicted molar refractivity (Wildman–Crippen MR) is 109 cm³/mol. The average molecular weight is 418 g/mol. The van der Waals surface area contributed by atoms with E-state index in [9.17, 15) is 4.79 Å². The molecule has 0 aliphatic carbocycles. The molecule has 144 valence electrons. The van der Waals surface area contributed by atoms with Crippen LogP contribution in [0, 0.1) is 0 Å². The van der Waals surface area contributed by atoms with Gasteiger partial charge in [0.25, 0.3) is 5.91 Å². The maximum atomic E-state index is 12.1. The van der Waals surface area contributed by atoms with E-state index in [1.807, 2.05) is 25.1 Å². The number of rotatable bonds is 7. The van der Waals surface area contributed by atoms with Crippen LogP contribution >= 0.6 is 23.2 Å². The Morgan fingerprint density at radius 2 is 1.79 bits per heavy atom. The second-order valence-electron chi connectivity index (χ2n) is 5.66. The number of halogens is 2. The molecule has 0 unspecified atom stereocenters. The van der Waals surface area contributed by atoms with Crippen LogP contribution in [-0.4, -0.2) is 29.3 Å². The Balaban J connectivity index is 1.57. The lowest BCUT2D eigenvalue weighted by Crippen LogP contribution is -2.20. The zero-order valence-corrected chi connectivity index (χ0v) is 16.5.